The minimum absolute atomic E-state index is 0.145. The van der Waals surface area contributed by atoms with Crippen LogP contribution in [0.5, 0.6) is 5.75 Å². The Labute approximate surface area is 124 Å². The molecule has 2 aromatic rings. The molecule has 1 amide bonds. The number of rotatable bonds is 6. The van der Waals surface area contributed by atoms with E-state index in [-0.39, 0.29) is 24.6 Å². The van der Waals surface area contributed by atoms with Gasteiger partial charge >= 0.3 is 0 Å². The largest absolute Gasteiger partial charge is 0.508 e. The smallest absolute Gasteiger partial charge is 0.220 e. The number of carbonyl (C=O) groups is 1. The van der Waals surface area contributed by atoms with Gasteiger partial charge in [0.25, 0.3) is 0 Å². The van der Waals surface area contributed by atoms with Crippen molar-refractivity contribution in [3.05, 3.63) is 65.7 Å². The molecule has 4 heteroatoms. The molecule has 0 fully saturated rings. The molecule has 0 aromatic heterocycles. The van der Waals surface area contributed by atoms with Crippen LogP contribution in [0.4, 0.5) is 0 Å². The van der Waals surface area contributed by atoms with Crippen molar-refractivity contribution in [3.63, 3.8) is 0 Å². The molecule has 110 valence electrons. The molecule has 0 saturated heterocycles. The summed E-state index contributed by atoms with van der Waals surface area (Å²) in [6.07, 6.45) is 0.0410. The van der Waals surface area contributed by atoms with E-state index in [9.17, 15) is 15.0 Å². The molecule has 0 saturated carbocycles. The van der Waals surface area contributed by atoms with E-state index in [1.807, 2.05) is 36.4 Å². The molecule has 0 radical (unpaired) electrons. The van der Waals surface area contributed by atoms with Crippen LogP contribution in [-0.4, -0.2) is 22.7 Å². The number of phenols is 1. The Balaban J connectivity index is 1.76. The third kappa shape index (κ3) is 4.61. The van der Waals surface area contributed by atoms with E-state index in [2.05, 4.69) is 5.32 Å². The van der Waals surface area contributed by atoms with Crippen molar-refractivity contribution < 1.29 is 15.0 Å². The highest BCUT2D eigenvalue weighted by molar-refractivity contribution is 5.76. The van der Waals surface area contributed by atoms with Crippen molar-refractivity contribution in [1.82, 2.24) is 5.32 Å². The van der Waals surface area contributed by atoms with Gasteiger partial charge in [0.2, 0.25) is 5.91 Å². The Morgan fingerprint density at radius 3 is 2.43 bits per heavy atom. The fraction of sp³-hybridized carbons (Fsp3) is 0.235. The van der Waals surface area contributed by atoms with Crippen LogP contribution in [0.3, 0.4) is 0 Å². The number of hydrogen-bond acceptors (Lipinski definition) is 3. The number of carbonyl (C=O) groups excluding carboxylic acids is 1. The number of amides is 1. The number of para-hydroxylation sites is 1. The molecule has 1 atom stereocenters. The molecule has 1 unspecified atom stereocenters. The zero-order chi connectivity index (χ0) is 15.1. The van der Waals surface area contributed by atoms with Crippen molar-refractivity contribution in [2.24, 2.45) is 0 Å². The van der Waals surface area contributed by atoms with Crippen LogP contribution in [0, 0.1) is 0 Å². The fourth-order valence-electron chi connectivity index (χ4n) is 2.06. The van der Waals surface area contributed by atoms with Gasteiger partial charge in [-0.3, -0.25) is 4.79 Å². The van der Waals surface area contributed by atoms with Crippen molar-refractivity contribution >= 4 is 5.91 Å². The summed E-state index contributed by atoms with van der Waals surface area (Å²) in [5.74, 6) is 0.0582. The molecule has 0 aliphatic heterocycles. The first-order valence-electron chi connectivity index (χ1n) is 6.93. The third-order valence-corrected chi connectivity index (χ3v) is 3.29. The number of benzene rings is 2. The molecule has 0 bridgehead atoms. The number of aromatic hydroxyl groups is 1. The average Bonchev–Trinajstić information content (AvgIpc) is 2.52. The SMILES string of the molecule is O=C(CCc1ccccc1O)NCC(O)c1ccccc1. The Morgan fingerprint density at radius 1 is 1.05 bits per heavy atom. The molecule has 4 nitrogen and oxygen atoms in total. The fourth-order valence-corrected chi connectivity index (χ4v) is 2.06. The highest BCUT2D eigenvalue weighted by Crippen LogP contribution is 2.17. The van der Waals surface area contributed by atoms with Crippen LogP contribution in [0.2, 0.25) is 0 Å². The lowest BCUT2D eigenvalue weighted by molar-refractivity contribution is -0.121. The van der Waals surface area contributed by atoms with Crippen molar-refractivity contribution in [2.75, 3.05) is 6.54 Å². The first-order chi connectivity index (χ1) is 10.2. The van der Waals surface area contributed by atoms with Gasteiger partial charge in [-0.25, -0.2) is 0 Å². The summed E-state index contributed by atoms with van der Waals surface area (Å²) in [4.78, 5) is 11.8. The van der Waals surface area contributed by atoms with Crippen LogP contribution < -0.4 is 5.32 Å². The van der Waals surface area contributed by atoms with Crippen molar-refractivity contribution in [3.8, 4) is 5.75 Å². The van der Waals surface area contributed by atoms with E-state index in [0.29, 0.717) is 6.42 Å². The maximum atomic E-state index is 11.8. The van der Waals surface area contributed by atoms with Gasteiger partial charge in [-0.2, -0.15) is 0 Å². The summed E-state index contributed by atoms with van der Waals surface area (Å²) in [5, 5.41) is 22.3. The Hall–Kier alpha value is -2.33. The summed E-state index contributed by atoms with van der Waals surface area (Å²) < 4.78 is 0. The zero-order valence-electron chi connectivity index (χ0n) is 11.7. The van der Waals surface area contributed by atoms with Crippen LogP contribution in [0.1, 0.15) is 23.7 Å². The van der Waals surface area contributed by atoms with E-state index in [1.165, 1.54) is 0 Å². The third-order valence-electron chi connectivity index (χ3n) is 3.29. The maximum absolute atomic E-state index is 11.8. The van der Waals surface area contributed by atoms with Crippen molar-refractivity contribution in [1.29, 1.82) is 0 Å². The summed E-state index contributed by atoms with van der Waals surface area (Å²) >= 11 is 0. The molecule has 2 aromatic carbocycles. The second-order valence-electron chi connectivity index (χ2n) is 4.86. The van der Waals surface area contributed by atoms with Crippen LogP contribution in [0.15, 0.2) is 54.6 Å². The number of phenolic OH excluding ortho intramolecular Hbond substituents is 1. The lowest BCUT2D eigenvalue weighted by Crippen LogP contribution is -2.28. The first kappa shape index (κ1) is 15.1. The lowest BCUT2D eigenvalue weighted by atomic mass is 10.1. The van der Waals surface area contributed by atoms with Gasteiger partial charge in [-0.1, -0.05) is 48.5 Å². The zero-order valence-corrected chi connectivity index (χ0v) is 11.7. The number of aliphatic hydroxyl groups excluding tert-OH is 1. The lowest BCUT2D eigenvalue weighted by Gasteiger charge is -2.12. The van der Waals surface area contributed by atoms with Crippen LogP contribution in [-0.2, 0) is 11.2 Å². The number of hydrogen-bond donors (Lipinski definition) is 3. The van der Waals surface area contributed by atoms with Gasteiger partial charge < -0.3 is 15.5 Å². The molecule has 2 rings (SSSR count). The predicted octanol–water partition coefficient (Wildman–Crippen LogP) is 2.17. The number of aryl methyl sites for hydroxylation is 1. The number of aliphatic hydroxyl groups is 1. The quantitative estimate of drug-likeness (QED) is 0.762. The monoisotopic (exact) mass is 285 g/mol. The van der Waals surface area contributed by atoms with E-state index in [0.717, 1.165) is 11.1 Å². The first-order valence-corrected chi connectivity index (χ1v) is 6.93. The van der Waals surface area contributed by atoms with E-state index in [4.69, 9.17) is 0 Å². The molecular formula is C17H19NO3. The van der Waals surface area contributed by atoms with Crippen LogP contribution in [0.25, 0.3) is 0 Å². The van der Waals surface area contributed by atoms with Gasteiger partial charge in [0, 0.05) is 13.0 Å². The molecule has 0 heterocycles. The summed E-state index contributed by atoms with van der Waals surface area (Å²) in [6.45, 7) is 0.184. The van der Waals surface area contributed by atoms with Crippen molar-refractivity contribution in [2.45, 2.75) is 18.9 Å². The number of nitrogens with one attached hydrogen (secondary N) is 1. The minimum atomic E-state index is -0.708. The van der Waals surface area contributed by atoms with Gasteiger partial charge in [0.1, 0.15) is 5.75 Å². The topological polar surface area (TPSA) is 69.6 Å². The standard InChI is InChI=1S/C17H19NO3/c19-15-9-5-4-8-14(15)10-11-17(21)18-12-16(20)13-6-2-1-3-7-13/h1-9,16,19-20H,10-12H2,(H,18,21). The molecule has 0 aliphatic carbocycles. The molecule has 3 N–H and O–H groups in total. The predicted molar refractivity (Wildman–Crippen MR) is 80.8 cm³/mol. The molecule has 0 aliphatic rings. The maximum Gasteiger partial charge on any atom is 0.220 e. The summed E-state index contributed by atoms with van der Waals surface area (Å²) in [5.41, 5.74) is 1.52. The van der Waals surface area contributed by atoms with Gasteiger partial charge in [0.15, 0.2) is 0 Å². The molecule has 21 heavy (non-hydrogen) atoms. The van der Waals surface area contributed by atoms with E-state index in [1.54, 1.807) is 18.2 Å². The summed E-state index contributed by atoms with van der Waals surface area (Å²) in [7, 11) is 0. The molecular weight excluding hydrogens is 266 g/mol. The van der Waals surface area contributed by atoms with E-state index >= 15 is 0 Å². The van der Waals surface area contributed by atoms with Gasteiger partial charge in [-0.15, -0.1) is 0 Å². The highest BCUT2D eigenvalue weighted by Gasteiger charge is 2.09. The average molecular weight is 285 g/mol. The molecule has 0 spiro atoms. The van der Waals surface area contributed by atoms with Gasteiger partial charge in [0.05, 0.1) is 6.10 Å². The van der Waals surface area contributed by atoms with Crippen LogP contribution >= 0.6 is 0 Å². The second-order valence-corrected chi connectivity index (χ2v) is 4.86. The Kier molecular flexibility index (Phi) is 5.35. The second kappa shape index (κ2) is 7.45. The Morgan fingerprint density at radius 2 is 1.71 bits per heavy atom. The Bertz CT molecular complexity index is 584. The normalized spacial score (nSPS) is 11.9. The van der Waals surface area contributed by atoms with Gasteiger partial charge in [-0.05, 0) is 23.6 Å². The van der Waals surface area contributed by atoms with E-state index < -0.39 is 6.10 Å². The minimum Gasteiger partial charge on any atom is -0.508 e. The highest BCUT2D eigenvalue weighted by atomic mass is 16.3. The summed E-state index contributed by atoms with van der Waals surface area (Å²) in [6, 6.07) is 16.2.